The molecule has 2 aromatic heterocycles. The molecular formula is C9H8ClN5OS. The van der Waals surface area contributed by atoms with E-state index in [1.54, 1.807) is 13.0 Å². The molecule has 8 heteroatoms. The highest BCUT2D eigenvalue weighted by molar-refractivity contribution is 7.99. The maximum absolute atomic E-state index is 11.2. The molecule has 0 radical (unpaired) electrons. The van der Waals surface area contributed by atoms with E-state index >= 15 is 0 Å². The Morgan fingerprint density at radius 1 is 1.35 bits per heavy atom. The number of nitrogens with two attached hydrogens (primary N) is 1. The molecule has 3 N–H and O–H groups in total. The molecule has 2 rings (SSSR count). The first-order valence-electron chi connectivity index (χ1n) is 4.59. The first-order valence-corrected chi connectivity index (χ1v) is 5.78. The summed E-state index contributed by atoms with van der Waals surface area (Å²) in [6.07, 6.45) is 0. The predicted molar refractivity (Wildman–Crippen MR) is 65.2 cm³/mol. The Hall–Kier alpha value is -1.60. The highest BCUT2D eigenvalue weighted by Crippen LogP contribution is 2.24. The van der Waals surface area contributed by atoms with Crippen molar-refractivity contribution in [2.75, 3.05) is 5.73 Å². The van der Waals surface area contributed by atoms with Gasteiger partial charge >= 0.3 is 0 Å². The van der Waals surface area contributed by atoms with Crippen LogP contribution in [0, 0.1) is 6.92 Å². The van der Waals surface area contributed by atoms with Crippen LogP contribution in [-0.4, -0.2) is 19.9 Å². The number of hydrogen-bond acceptors (Lipinski definition) is 6. The molecule has 0 unspecified atom stereocenters. The average molecular weight is 270 g/mol. The van der Waals surface area contributed by atoms with Crippen LogP contribution in [0.5, 0.6) is 0 Å². The summed E-state index contributed by atoms with van der Waals surface area (Å²) in [5, 5.41) is 1.20. The molecule has 0 bridgehead atoms. The lowest BCUT2D eigenvalue weighted by Gasteiger charge is -2.02. The molecule has 0 atom stereocenters. The van der Waals surface area contributed by atoms with Gasteiger partial charge in [-0.3, -0.25) is 4.79 Å². The zero-order valence-corrected chi connectivity index (χ0v) is 10.3. The van der Waals surface area contributed by atoms with E-state index in [4.69, 9.17) is 17.3 Å². The number of halogens is 1. The molecule has 0 aliphatic carbocycles. The number of nitrogen functional groups attached to an aromatic ring is 1. The van der Waals surface area contributed by atoms with Crippen molar-refractivity contribution >= 4 is 29.3 Å². The normalized spacial score (nSPS) is 10.5. The van der Waals surface area contributed by atoms with Crippen LogP contribution >= 0.6 is 23.4 Å². The smallest absolute Gasteiger partial charge is 0.251 e. The van der Waals surface area contributed by atoms with Gasteiger partial charge in [0.25, 0.3) is 5.56 Å². The summed E-state index contributed by atoms with van der Waals surface area (Å²) in [5.74, 6) is 0.0787. The van der Waals surface area contributed by atoms with E-state index in [-0.39, 0.29) is 16.7 Å². The van der Waals surface area contributed by atoms with Crippen molar-refractivity contribution in [2.24, 2.45) is 0 Å². The van der Waals surface area contributed by atoms with Gasteiger partial charge in [-0.05, 0) is 18.7 Å². The van der Waals surface area contributed by atoms with E-state index in [1.807, 2.05) is 0 Å². The van der Waals surface area contributed by atoms with Crippen molar-refractivity contribution in [1.82, 2.24) is 19.9 Å². The number of nitrogens with zero attached hydrogens (tertiary/aromatic N) is 3. The first-order chi connectivity index (χ1) is 8.02. The van der Waals surface area contributed by atoms with Crippen molar-refractivity contribution in [1.29, 1.82) is 0 Å². The molecule has 0 aromatic carbocycles. The second-order valence-electron chi connectivity index (χ2n) is 3.18. The lowest BCUT2D eigenvalue weighted by molar-refractivity contribution is 0.901. The Bertz CT molecular complexity index is 594. The molecule has 6 nitrogen and oxygen atoms in total. The van der Waals surface area contributed by atoms with Crippen LogP contribution in [0.1, 0.15) is 5.69 Å². The minimum atomic E-state index is -0.215. The predicted octanol–water partition coefficient (Wildman–Crippen LogP) is 1.26. The molecule has 2 aromatic rings. The number of rotatable bonds is 2. The van der Waals surface area contributed by atoms with E-state index < -0.39 is 0 Å². The molecule has 17 heavy (non-hydrogen) atoms. The van der Waals surface area contributed by atoms with Crippen LogP contribution in [0.25, 0.3) is 0 Å². The first kappa shape index (κ1) is 11.9. The fraction of sp³-hybridized carbons (Fsp3) is 0.111. The Labute approximate surface area is 106 Å². The van der Waals surface area contributed by atoms with Crippen molar-refractivity contribution in [3.8, 4) is 0 Å². The van der Waals surface area contributed by atoms with Gasteiger partial charge < -0.3 is 10.7 Å². The zero-order chi connectivity index (χ0) is 12.4. The van der Waals surface area contributed by atoms with Crippen LogP contribution in [-0.2, 0) is 0 Å². The van der Waals surface area contributed by atoms with Crippen molar-refractivity contribution in [2.45, 2.75) is 17.1 Å². The van der Waals surface area contributed by atoms with E-state index in [9.17, 15) is 4.79 Å². The average Bonchev–Trinajstić information content (AvgIpc) is 2.13. The van der Waals surface area contributed by atoms with Gasteiger partial charge in [-0.25, -0.2) is 15.0 Å². The van der Waals surface area contributed by atoms with Crippen molar-refractivity contribution in [3.63, 3.8) is 0 Å². The quantitative estimate of drug-likeness (QED) is 0.629. The second-order valence-corrected chi connectivity index (χ2v) is 4.58. The summed E-state index contributed by atoms with van der Waals surface area (Å²) in [5.41, 5.74) is 5.87. The number of H-pyrrole nitrogens is 1. The van der Waals surface area contributed by atoms with Gasteiger partial charge in [0.05, 0.1) is 0 Å². The third-order valence-corrected chi connectivity index (χ3v) is 2.74. The molecule has 0 aliphatic rings. The van der Waals surface area contributed by atoms with E-state index in [2.05, 4.69) is 19.9 Å². The van der Waals surface area contributed by atoms with Crippen LogP contribution in [0.4, 0.5) is 5.95 Å². The van der Waals surface area contributed by atoms with Gasteiger partial charge in [0, 0.05) is 17.8 Å². The fourth-order valence-corrected chi connectivity index (χ4v) is 2.27. The summed E-state index contributed by atoms with van der Waals surface area (Å²) >= 11 is 6.90. The summed E-state index contributed by atoms with van der Waals surface area (Å²) in [7, 11) is 0. The summed E-state index contributed by atoms with van der Waals surface area (Å²) < 4.78 is 0. The third-order valence-electron chi connectivity index (χ3n) is 1.74. The van der Waals surface area contributed by atoms with Gasteiger partial charge in [0.1, 0.15) is 10.2 Å². The van der Waals surface area contributed by atoms with Crippen LogP contribution < -0.4 is 11.3 Å². The SMILES string of the molecule is Cc1cc(=O)[nH]c(Sc2cc(Cl)nc(N)n2)n1. The van der Waals surface area contributed by atoms with Gasteiger partial charge in [0.15, 0.2) is 5.16 Å². The molecule has 88 valence electrons. The molecule has 0 spiro atoms. The van der Waals surface area contributed by atoms with Gasteiger partial charge in [-0.15, -0.1) is 0 Å². The highest BCUT2D eigenvalue weighted by Gasteiger charge is 2.05. The minimum absolute atomic E-state index is 0.0787. The third kappa shape index (κ3) is 3.18. The van der Waals surface area contributed by atoms with Crippen LogP contribution in [0.3, 0.4) is 0 Å². The van der Waals surface area contributed by atoms with E-state index in [1.165, 1.54) is 6.07 Å². The maximum Gasteiger partial charge on any atom is 0.251 e. The molecule has 0 fully saturated rings. The largest absolute Gasteiger partial charge is 0.368 e. The van der Waals surface area contributed by atoms with E-state index in [0.29, 0.717) is 15.9 Å². The molecular weight excluding hydrogens is 262 g/mol. The Morgan fingerprint density at radius 2 is 2.12 bits per heavy atom. The number of aromatic amines is 1. The molecule has 0 saturated carbocycles. The molecule has 2 heterocycles. The number of hydrogen-bond donors (Lipinski definition) is 2. The van der Waals surface area contributed by atoms with Gasteiger partial charge in [0.2, 0.25) is 5.95 Å². The van der Waals surface area contributed by atoms with E-state index in [0.717, 1.165) is 11.8 Å². The number of nitrogens with one attached hydrogen (secondary N) is 1. The summed E-state index contributed by atoms with van der Waals surface area (Å²) in [4.78, 5) is 25.7. The topological polar surface area (TPSA) is 97.5 Å². The summed E-state index contributed by atoms with van der Waals surface area (Å²) in [6, 6.07) is 2.95. The number of aryl methyl sites for hydroxylation is 1. The Kier molecular flexibility index (Phi) is 3.30. The molecule has 0 saturated heterocycles. The van der Waals surface area contributed by atoms with Gasteiger partial charge in [-0.1, -0.05) is 11.6 Å². The number of aromatic nitrogens is 4. The molecule has 0 amide bonds. The van der Waals surface area contributed by atoms with Crippen molar-refractivity contribution < 1.29 is 0 Å². The standard InChI is InChI=1S/C9H8ClN5OS/c1-4-2-6(16)14-9(12-4)17-7-3-5(10)13-8(11)15-7/h2-3H,1H3,(H2,11,13,15)(H,12,14,16). The second kappa shape index (κ2) is 4.72. The van der Waals surface area contributed by atoms with Gasteiger partial charge in [-0.2, -0.15) is 0 Å². The molecule has 0 aliphatic heterocycles. The summed E-state index contributed by atoms with van der Waals surface area (Å²) in [6.45, 7) is 1.74. The fourth-order valence-electron chi connectivity index (χ4n) is 1.17. The highest BCUT2D eigenvalue weighted by atomic mass is 35.5. The van der Waals surface area contributed by atoms with Crippen LogP contribution in [0.2, 0.25) is 5.15 Å². The Morgan fingerprint density at radius 3 is 2.76 bits per heavy atom. The Balaban J connectivity index is 2.34. The maximum atomic E-state index is 11.2. The lowest BCUT2D eigenvalue weighted by atomic mass is 10.5. The lowest BCUT2D eigenvalue weighted by Crippen LogP contribution is -2.08. The number of anilines is 1. The zero-order valence-electron chi connectivity index (χ0n) is 8.77. The van der Waals surface area contributed by atoms with Crippen LogP contribution in [0.15, 0.2) is 27.1 Å². The minimum Gasteiger partial charge on any atom is -0.368 e. The van der Waals surface area contributed by atoms with Crippen molar-refractivity contribution in [3.05, 3.63) is 33.3 Å². The monoisotopic (exact) mass is 269 g/mol.